The van der Waals surface area contributed by atoms with E-state index in [9.17, 15) is 13.2 Å². The van der Waals surface area contributed by atoms with Crippen molar-refractivity contribution in [3.8, 4) is 0 Å². The van der Waals surface area contributed by atoms with Crippen LogP contribution in [0, 0.1) is 5.92 Å². The molecule has 0 bridgehead atoms. The number of hydrogen-bond acceptors (Lipinski definition) is 3. The number of thioether (sulfide) groups is 1. The van der Waals surface area contributed by atoms with Crippen LogP contribution in [0.4, 0.5) is 13.2 Å². The molecular formula is C15H28F3IN4S. The van der Waals surface area contributed by atoms with Gasteiger partial charge in [0.1, 0.15) is 0 Å². The minimum atomic E-state index is -4.10. The third-order valence-electron chi connectivity index (χ3n) is 4.15. The van der Waals surface area contributed by atoms with Crippen LogP contribution >= 0.6 is 35.7 Å². The van der Waals surface area contributed by atoms with E-state index in [-0.39, 0.29) is 29.9 Å². The largest absolute Gasteiger partial charge is 0.401 e. The van der Waals surface area contributed by atoms with Crippen LogP contribution in [0.1, 0.15) is 26.2 Å². The Hall–Kier alpha value is 0.1000. The molecule has 142 valence electrons. The van der Waals surface area contributed by atoms with Crippen LogP contribution in [0.15, 0.2) is 4.99 Å². The molecular weight excluding hydrogens is 452 g/mol. The van der Waals surface area contributed by atoms with E-state index >= 15 is 0 Å². The second-order valence-electron chi connectivity index (χ2n) is 6.24. The Morgan fingerprint density at radius 2 is 2.08 bits per heavy atom. The molecule has 2 fully saturated rings. The van der Waals surface area contributed by atoms with Gasteiger partial charge in [-0.15, -0.1) is 24.0 Å². The zero-order valence-corrected chi connectivity index (χ0v) is 17.2. The quantitative estimate of drug-likeness (QED) is 0.349. The Morgan fingerprint density at radius 3 is 2.71 bits per heavy atom. The van der Waals surface area contributed by atoms with E-state index in [0.29, 0.717) is 24.9 Å². The summed E-state index contributed by atoms with van der Waals surface area (Å²) >= 11 is 1.99. The van der Waals surface area contributed by atoms with Crippen LogP contribution in [0.25, 0.3) is 0 Å². The van der Waals surface area contributed by atoms with Crippen molar-refractivity contribution in [3.63, 3.8) is 0 Å². The van der Waals surface area contributed by atoms with Gasteiger partial charge in [0.15, 0.2) is 5.96 Å². The predicted octanol–water partition coefficient (Wildman–Crippen LogP) is 2.94. The van der Waals surface area contributed by atoms with Crippen molar-refractivity contribution in [2.24, 2.45) is 10.9 Å². The molecule has 0 aromatic rings. The van der Waals surface area contributed by atoms with Gasteiger partial charge in [0.2, 0.25) is 0 Å². The highest BCUT2D eigenvalue weighted by Gasteiger charge is 2.34. The van der Waals surface area contributed by atoms with Gasteiger partial charge in [-0.05, 0) is 44.4 Å². The second kappa shape index (κ2) is 10.9. The molecule has 2 saturated heterocycles. The SMILES string of the molecule is CCNC(=NCC1CCN(CC(F)(F)F)C1)NCC1CCCS1.I. The number of alkyl halides is 3. The average Bonchev–Trinajstić information content (AvgIpc) is 3.12. The molecule has 0 radical (unpaired) electrons. The number of nitrogens with zero attached hydrogens (tertiary/aromatic N) is 2. The third kappa shape index (κ3) is 8.46. The second-order valence-corrected chi connectivity index (χ2v) is 7.65. The van der Waals surface area contributed by atoms with Gasteiger partial charge in [-0.1, -0.05) is 0 Å². The molecule has 0 spiro atoms. The standard InChI is InChI=1S/C15H27F3N4S.HI/c1-2-19-14(21-9-13-4-3-7-23-13)20-8-12-5-6-22(10-12)11-15(16,17)18;/h12-13H,2-11H2,1H3,(H2,19,20,21);1H. The molecule has 2 heterocycles. The lowest BCUT2D eigenvalue weighted by Crippen LogP contribution is -2.40. The van der Waals surface area contributed by atoms with Gasteiger partial charge in [0.25, 0.3) is 0 Å². The minimum absolute atomic E-state index is 0. The summed E-state index contributed by atoms with van der Waals surface area (Å²) in [5.74, 6) is 2.24. The normalized spacial score (nSPS) is 25.6. The Balaban J connectivity index is 0.00000288. The topological polar surface area (TPSA) is 39.7 Å². The van der Waals surface area contributed by atoms with Crippen LogP contribution < -0.4 is 10.6 Å². The molecule has 0 aromatic carbocycles. The Kier molecular flexibility index (Phi) is 10.1. The maximum absolute atomic E-state index is 12.4. The summed E-state index contributed by atoms with van der Waals surface area (Å²) in [6.45, 7) is 4.49. The number of aliphatic imine (C=N–C) groups is 1. The summed E-state index contributed by atoms with van der Waals surface area (Å²) in [7, 11) is 0. The van der Waals surface area contributed by atoms with Crippen molar-refractivity contribution in [2.75, 3.05) is 45.0 Å². The highest BCUT2D eigenvalue weighted by atomic mass is 127. The first-order valence-corrected chi connectivity index (χ1v) is 9.44. The maximum Gasteiger partial charge on any atom is 0.401 e. The smallest absolute Gasteiger partial charge is 0.357 e. The summed E-state index contributed by atoms with van der Waals surface area (Å²) in [4.78, 5) is 6.05. The molecule has 2 atom stereocenters. The third-order valence-corrected chi connectivity index (χ3v) is 5.54. The van der Waals surface area contributed by atoms with Crippen molar-refractivity contribution >= 4 is 41.7 Å². The molecule has 0 amide bonds. The van der Waals surface area contributed by atoms with E-state index in [2.05, 4.69) is 15.6 Å². The maximum atomic E-state index is 12.4. The molecule has 2 unspecified atom stereocenters. The Bertz CT molecular complexity index is 389. The first-order chi connectivity index (χ1) is 11.0. The number of likely N-dealkylation sites (tertiary alicyclic amines) is 1. The van der Waals surface area contributed by atoms with Crippen molar-refractivity contribution in [1.82, 2.24) is 15.5 Å². The van der Waals surface area contributed by atoms with Gasteiger partial charge >= 0.3 is 6.18 Å². The summed E-state index contributed by atoms with van der Waals surface area (Å²) < 4.78 is 37.2. The van der Waals surface area contributed by atoms with Crippen LogP contribution in [0.2, 0.25) is 0 Å². The van der Waals surface area contributed by atoms with Crippen molar-refractivity contribution < 1.29 is 13.2 Å². The highest BCUT2D eigenvalue weighted by Crippen LogP contribution is 2.25. The van der Waals surface area contributed by atoms with Gasteiger partial charge in [0.05, 0.1) is 6.54 Å². The van der Waals surface area contributed by atoms with Crippen LogP contribution in [-0.4, -0.2) is 67.3 Å². The van der Waals surface area contributed by atoms with E-state index in [1.807, 2.05) is 18.7 Å². The lowest BCUT2D eigenvalue weighted by atomic mass is 10.1. The van der Waals surface area contributed by atoms with Gasteiger partial charge in [-0.3, -0.25) is 9.89 Å². The molecule has 2 rings (SSSR count). The molecule has 4 nitrogen and oxygen atoms in total. The molecule has 9 heteroatoms. The molecule has 2 aliphatic rings. The summed E-state index contributed by atoms with van der Waals surface area (Å²) in [5, 5.41) is 7.22. The Labute approximate surface area is 163 Å². The van der Waals surface area contributed by atoms with Crippen molar-refractivity contribution in [3.05, 3.63) is 0 Å². The highest BCUT2D eigenvalue weighted by molar-refractivity contribution is 14.0. The zero-order valence-electron chi connectivity index (χ0n) is 14.1. The van der Waals surface area contributed by atoms with Crippen LogP contribution in [0.3, 0.4) is 0 Å². The summed E-state index contributed by atoms with van der Waals surface area (Å²) in [6, 6.07) is 0. The van der Waals surface area contributed by atoms with E-state index < -0.39 is 12.7 Å². The zero-order chi connectivity index (χ0) is 16.7. The van der Waals surface area contributed by atoms with Gasteiger partial charge in [-0.2, -0.15) is 24.9 Å². The first-order valence-electron chi connectivity index (χ1n) is 8.39. The average molecular weight is 480 g/mol. The summed E-state index contributed by atoms with van der Waals surface area (Å²) in [5.41, 5.74) is 0. The first kappa shape index (κ1) is 22.1. The lowest BCUT2D eigenvalue weighted by molar-refractivity contribution is -0.143. The van der Waals surface area contributed by atoms with Gasteiger partial charge in [-0.25, -0.2) is 0 Å². The number of nitrogens with one attached hydrogen (secondary N) is 2. The summed E-state index contributed by atoms with van der Waals surface area (Å²) in [6.07, 6.45) is -0.793. The van der Waals surface area contributed by atoms with Gasteiger partial charge in [0, 0.05) is 31.4 Å². The van der Waals surface area contributed by atoms with Crippen LogP contribution in [0.5, 0.6) is 0 Å². The fraction of sp³-hybridized carbons (Fsp3) is 0.933. The molecule has 0 aromatic heterocycles. The van der Waals surface area contributed by atoms with E-state index in [1.54, 1.807) is 0 Å². The molecule has 24 heavy (non-hydrogen) atoms. The van der Waals surface area contributed by atoms with E-state index in [0.717, 1.165) is 25.5 Å². The van der Waals surface area contributed by atoms with E-state index in [1.165, 1.54) is 23.5 Å². The number of rotatable bonds is 6. The fourth-order valence-corrected chi connectivity index (χ4v) is 4.24. The molecule has 2 aliphatic heterocycles. The number of guanidine groups is 1. The van der Waals surface area contributed by atoms with Crippen LogP contribution in [-0.2, 0) is 0 Å². The van der Waals surface area contributed by atoms with Crippen molar-refractivity contribution in [2.45, 2.75) is 37.6 Å². The van der Waals surface area contributed by atoms with Crippen molar-refractivity contribution in [1.29, 1.82) is 0 Å². The number of hydrogen-bond donors (Lipinski definition) is 2. The monoisotopic (exact) mass is 480 g/mol. The Morgan fingerprint density at radius 1 is 1.29 bits per heavy atom. The fourth-order valence-electron chi connectivity index (χ4n) is 3.04. The minimum Gasteiger partial charge on any atom is -0.357 e. The molecule has 2 N–H and O–H groups in total. The number of halogens is 4. The molecule has 0 aliphatic carbocycles. The molecule has 0 saturated carbocycles. The lowest BCUT2D eigenvalue weighted by Gasteiger charge is -2.18. The predicted molar refractivity (Wildman–Crippen MR) is 105 cm³/mol. The van der Waals surface area contributed by atoms with E-state index in [4.69, 9.17) is 0 Å². The van der Waals surface area contributed by atoms with Gasteiger partial charge < -0.3 is 10.6 Å².